The van der Waals surface area contributed by atoms with Crippen molar-refractivity contribution in [2.45, 2.75) is 33.7 Å². The molecule has 0 aliphatic heterocycles. The molecule has 1 rings (SSSR count). The first kappa shape index (κ1) is 14.2. The summed E-state index contributed by atoms with van der Waals surface area (Å²) in [6.07, 6.45) is 2.22. The Balaban J connectivity index is 2.85. The van der Waals surface area contributed by atoms with Crippen LogP contribution in [-0.4, -0.2) is 22.3 Å². The number of hydrogen-bond acceptors (Lipinski definition) is 3. The third-order valence-electron chi connectivity index (χ3n) is 3.17. The molecule has 0 spiro atoms. The van der Waals surface area contributed by atoms with Crippen LogP contribution in [0.5, 0.6) is 0 Å². The van der Waals surface area contributed by atoms with Crippen molar-refractivity contribution in [3.8, 4) is 6.07 Å². The first-order valence-corrected chi connectivity index (χ1v) is 6.18. The molecule has 0 saturated heterocycles. The zero-order valence-corrected chi connectivity index (χ0v) is 11.2. The number of rotatable bonds is 5. The topological polar surface area (TPSA) is 57.0 Å². The molecule has 0 radical (unpaired) electrons. The highest BCUT2D eigenvalue weighted by atomic mass is 16.2. The van der Waals surface area contributed by atoms with Crippen LogP contribution in [0.4, 0.5) is 0 Å². The summed E-state index contributed by atoms with van der Waals surface area (Å²) in [6, 6.07) is 7.73. The lowest BCUT2D eigenvalue weighted by Gasteiger charge is -2.28. The molecular weight excluding hydrogens is 226 g/mol. The van der Waals surface area contributed by atoms with Crippen molar-refractivity contribution in [1.82, 2.24) is 9.88 Å². The van der Waals surface area contributed by atoms with E-state index in [2.05, 4.69) is 11.1 Å². The molecule has 1 aromatic rings. The average Bonchev–Trinajstić information content (AvgIpc) is 2.44. The van der Waals surface area contributed by atoms with Crippen LogP contribution in [0.1, 0.15) is 32.9 Å². The Morgan fingerprint density at radius 1 is 1.50 bits per heavy atom. The van der Waals surface area contributed by atoms with Crippen LogP contribution in [0.2, 0.25) is 0 Å². The normalized spacial score (nSPS) is 13.4. The lowest BCUT2D eigenvalue weighted by Crippen LogP contribution is -2.41. The number of nitrogens with zero attached hydrogens (tertiary/aromatic N) is 3. The predicted octanol–water partition coefficient (Wildman–Crippen LogP) is 2.37. The minimum Gasteiger partial charge on any atom is -0.336 e. The van der Waals surface area contributed by atoms with Crippen LogP contribution in [0.15, 0.2) is 24.4 Å². The average molecular weight is 245 g/mol. The molecule has 0 fully saturated rings. The maximum atomic E-state index is 12.3. The molecule has 96 valence electrons. The Kier molecular flexibility index (Phi) is 4.85. The Hall–Kier alpha value is -1.89. The Morgan fingerprint density at radius 2 is 2.22 bits per heavy atom. The molecule has 4 heteroatoms. The van der Waals surface area contributed by atoms with Gasteiger partial charge in [0, 0.05) is 12.7 Å². The van der Waals surface area contributed by atoms with E-state index in [4.69, 9.17) is 5.26 Å². The fraction of sp³-hybridized carbons (Fsp3) is 0.500. The van der Waals surface area contributed by atoms with Crippen LogP contribution in [-0.2, 0) is 11.3 Å². The highest BCUT2D eigenvalue weighted by Crippen LogP contribution is 2.23. The lowest BCUT2D eigenvalue weighted by molar-refractivity contribution is -0.139. The minimum atomic E-state index is -0.940. The minimum absolute atomic E-state index is 0.124. The van der Waals surface area contributed by atoms with E-state index < -0.39 is 5.41 Å². The van der Waals surface area contributed by atoms with Crippen molar-refractivity contribution < 1.29 is 4.79 Å². The summed E-state index contributed by atoms with van der Waals surface area (Å²) in [4.78, 5) is 18.2. The number of nitriles is 1. The van der Waals surface area contributed by atoms with E-state index in [1.165, 1.54) is 0 Å². The second kappa shape index (κ2) is 6.15. The van der Waals surface area contributed by atoms with Gasteiger partial charge in [0.05, 0.1) is 18.3 Å². The quantitative estimate of drug-likeness (QED) is 0.800. The van der Waals surface area contributed by atoms with E-state index in [1.807, 2.05) is 32.0 Å². The molecule has 18 heavy (non-hydrogen) atoms. The Labute approximate surface area is 108 Å². The summed E-state index contributed by atoms with van der Waals surface area (Å²) < 4.78 is 0. The molecule has 0 aromatic carbocycles. The van der Waals surface area contributed by atoms with Gasteiger partial charge in [0.15, 0.2) is 0 Å². The molecule has 0 aliphatic rings. The van der Waals surface area contributed by atoms with Crippen molar-refractivity contribution in [1.29, 1.82) is 5.26 Å². The van der Waals surface area contributed by atoms with Crippen molar-refractivity contribution >= 4 is 5.91 Å². The maximum absolute atomic E-state index is 12.3. The first-order valence-electron chi connectivity index (χ1n) is 6.18. The molecule has 1 atom stereocenters. The number of carbonyl (C=O) groups excluding carboxylic acids is 1. The van der Waals surface area contributed by atoms with Crippen LogP contribution in [0.25, 0.3) is 0 Å². The summed E-state index contributed by atoms with van der Waals surface area (Å²) in [6.45, 7) is 6.49. The van der Waals surface area contributed by atoms with Gasteiger partial charge in [-0.2, -0.15) is 5.26 Å². The monoisotopic (exact) mass is 245 g/mol. The molecular formula is C14H19N3O. The van der Waals surface area contributed by atoms with Crippen molar-refractivity contribution in [3.63, 3.8) is 0 Å². The molecule has 0 bridgehead atoms. The zero-order valence-electron chi connectivity index (χ0n) is 11.2. The molecule has 0 N–H and O–H groups in total. The number of hydrogen-bond donors (Lipinski definition) is 0. The van der Waals surface area contributed by atoms with E-state index in [0.717, 1.165) is 5.69 Å². The second-order valence-corrected chi connectivity index (χ2v) is 4.44. The van der Waals surface area contributed by atoms with Crippen molar-refractivity contribution in [2.24, 2.45) is 5.41 Å². The largest absolute Gasteiger partial charge is 0.336 e. The summed E-state index contributed by atoms with van der Waals surface area (Å²) in [7, 11) is 0. The van der Waals surface area contributed by atoms with Crippen LogP contribution < -0.4 is 0 Å². The third kappa shape index (κ3) is 3.07. The summed E-state index contributed by atoms with van der Waals surface area (Å²) >= 11 is 0. The van der Waals surface area contributed by atoms with E-state index in [0.29, 0.717) is 19.5 Å². The number of amides is 1. The fourth-order valence-electron chi connectivity index (χ4n) is 1.64. The molecule has 4 nitrogen and oxygen atoms in total. The molecule has 1 amide bonds. The zero-order chi connectivity index (χ0) is 13.6. The van der Waals surface area contributed by atoms with Gasteiger partial charge in [0.2, 0.25) is 5.91 Å². The highest BCUT2D eigenvalue weighted by molar-refractivity contribution is 5.84. The van der Waals surface area contributed by atoms with Gasteiger partial charge in [-0.05, 0) is 32.4 Å². The lowest BCUT2D eigenvalue weighted by atomic mass is 9.87. The van der Waals surface area contributed by atoms with E-state index in [9.17, 15) is 4.79 Å². The van der Waals surface area contributed by atoms with Gasteiger partial charge in [-0.15, -0.1) is 0 Å². The van der Waals surface area contributed by atoms with Crippen LogP contribution in [0.3, 0.4) is 0 Å². The van der Waals surface area contributed by atoms with Gasteiger partial charge in [-0.3, -0.25) is 9.78 Å². The van der Waals surface area contributed by atoms with Gasteiger partial charge in [-0.1, -0.05) is 13.0 Å². The van der Waals surface area contributed by atoms with Gasteiger partial charge in [-0.25, -0.2) is 0 Å². The summed E-state index contributed by atoms with van der Waals surface area (Å²) in [5, 5.41) is 9.15. The molecule has 0 aliphatic carbocycles. The standard InChI is InChI=1S/C14H19N3O/c1-4-14(3,11-15)13(18)17(5-2)10-12-8-6-7-9-16-12/h6-9H,4-5,10H2,1-3H3. The SMILES string of the molecule is CCN(Cc1ccccn1)C(=O)C(C)(C#N)CC. The van der Waals surface area contributed by atoms with E-state index in [1.54, 1.807) is 18.0 Å². The van der Waals surface area contributed by atoms with Gasteiger partial charge >= 0.3 is 0 Å². The van der Waals surface area contributed by atoms with Gasteiger partial charge < -0.3 is 4.90 Å². The first-order chi connectivity index (χ1) is 8.57. The number of carbonyl (C=O) groups is 1. The van der Waals surface area contributed by atoms with Crippen LogP contribution >= 0.6 is 0 Å². The second-order valence-electron chi connectivity index (χ2n) is 4.44. The molecule has 1 unspecified atom stereocenters. The fourth-order valence-corrected chi connectivity index (χ4v) is 1.64. The third-order valence-corrected chi connectivity index (χ3v) is 3.17. The summed E-state index contributed by atoms with van der Waals surface area (Å²) in [5.41, 5.74) is -0.103. The molecule has 1 aromatic heterocycles. The van der Waals surface area contributed by atoms with Crippen molar-refractivity contribution in [2.75, 3.05) is 6.54 Å². The Bertz CT molecular complexity index is 438. The summed E-state index contributed by atoms with van der Waals surface area (Å²) in [5.74, 6) is -0.124. The van der Waals surface area contributed by atoms with E-state index in [-0.39, 0.29) is 5.91 Å². The highest BCUT2D eigenvalue weighted by Gasteiger charge is 2.34. The number of aromatic nitrogens is 1. The van der Waals surface area contributed by atoms with Gasteiger partial charge in [0.25, 0.3) is 0 Å². The maximum Gasteiger partial charge on any atom is 0.243 e. The molecule has 0 saturated carbocycles. The smallest absolute Gasteiger partial charge is 0.243 e. The Morgan fingerprint density at radius 3 is 2.67 bits per heavy atom. The molecule has 1 heterocycles. The van der Waals surface area contributed by atoms with Gasteiger partial charge in [0.1, 0.15) is 5.41 Å². The predicted molar refractivity (Wildman–Crippen MR) is 69.3 cm³/mol. The number of pyridine rings is 1. The van der Waals surface area contributed by atoms with Crippen LogP contribution in [0, 0.1) is 16.7 Å². The van der Waals surface area contributed by atoms with Crippen molar-refractivity contribution in [3.05, 3.63) is 30.1 Å². The van der Waals surface area contributed by atoms with E-state index >= 15 is 0 Å².